The molecule has 1 heterocycles. The molecule has 0 fully saturated rings. The van der Waals surface area contributed by atoms with Gasteiger partial charge in [0.25, 0.3) is 0 Å². The van der Waals surface area contributed by atoms with Crippen LogP contribution in [0.1, 0.15) is 0 Å². The number of imidazole rings is 1. The number of fused-ring (bicyclic) bond motifs is 1. The van der Waals surface area contributed by atoms with E-state index >= 15 is 0 Å². The van der Waals surface area contributed by atoms with Crippen LogP contribution in [0.4, 0.5) is 5.69 Å². The number of nitrogens with one attached hydrogen (secondary N) is 1. The van der Waals surface area contributed by atoms with Crippen molar-refractivity contribution in [1.29, 1.82) is 0 Å². The van der Waals surface area contributed by atoms with Crippen molar-refractivity contribution in [3.63, 3.8) is 0 Å². The van der Waals surface area contributed by atoms with Gasteiger partial charge in [0.15, 0.2) is 5.16 Å². The molecule has 0 unspecified atom stereocenters. The van der Waals surface area contributed by atoms with Crippen LogP contribution in [0, 0.1) is 0 Å². The van der Waals surface area contributed by atoms with E-state index in [0.29, 0.717) is 5.75 Å². The van der Waals surface area contributed by atoms with Crippen molar-refractivity contribution < 1.29 is 4.79 Å². The molecule has 1 amide bonds. The quantitative estimate of drug-likeness (QED) is 0.502. The minimum atomic E-state index is -0.0421. The fraction of sp³-hybridized carbons (Fsp3) is 0.0909. The maximum Gasteiger partial charge on any atom is 0.234 e. The summed E-state index contributed by atoms with van der Waals surface area (Å²) in [5, 5.41) is 6.06. The van der Waals surface area contributed by atoms with Crippen molar-refractivity contribution in [2.45, 2.75) is 5.16 Å². The molecule has 4 aromatic rings. The number of hydrogen-bond acceptors (Lipinski definition) is 3. The first kappa shape index (κ1) is 17.4. The lowest BCUT2D eigenvalue weighted by Crippen LogP contribution is -2.14. The van der Waals surface area contributed by atoms with E-state index in [0.717, 1.165) is 32.9 Å². The van der Waals surface area contributed by atoms with Crippen LogP contribution in [-0.4, -0.2) is 21.2 Å². The van der Waals surface area contributed by atoms with Gasteiger partial charge in [0.05, 0.1) is 17.6 Å². The number of carbonyl (C=O) groups is 1. The second-order valence-electron chi connectivity index (χ2n) is 6.25. The Hall–Kier alpha value is -3.05. The van der Waals surface area contributed by atoms with Crippen molar-refractivity contribution >= 4 is 34.1 Å². The number of aromatic nitrogens is 2. The Morgan fingerprint density at radius 3 is 2.56 bits per heavy atom. The molecule has 0 aliphatic heterocycles. The van der Waals surface area contributed by atoms with Gasteiger partial charge in [-0.25, -0.2) is 4.98 Å². The fourth-order valence-corrected chi connectivity index (χ4v) is 3.75. The molecule has 0 aliphatic carbocycles. The third-order valence-electron chi connectivity index (χ3n) is 4.38. The van der Waals surface area contributed by atoms with Crippen molar-refractivity contribution in [1.82, 2.24) is 9.55 Å². The molecule has 0 spiro atoms. The smallest absolute Gasteiger partial charge is 0.234 e. The van der Waals surface area contributed by atoms with Gasteiger partial charge in [-0.1, -0.05) is 72.4 Å². The van der Waals surface area contributed by atoms with Crippen LogP contribution in [-0.2, 0) is 11.8 Å². The monoisotopic (exact) mass is 373 g/mol. The number of hydrogen-bond donors (Lipinski definition) is 1. The number of nitrogens with zero attached hydrogens (tertiary/aromatic N) is 2. The summed E-state index contributed by atoms with van der Waals surface area (Å²) in [6.45, 7) is 0. The van der Waals surface area contributed by atoms with Gasteiger partial charge in [0.1, 0.15) is 0 Å². The summed E-state index contributed by atoms with van der Waals surface area (Å²) >= 11 is 1.43. The van der Waals surface area contributed by atoms with Crippen LogP contribution in [0.25, 0.3) is 22.0 Å². The zero-order valence-electron chi connectivity index (χ0n) is 14.9. The lowest BCUT2D eigenvalue weighted by Gasteiger charge is -2.08. The Morgan fingerprint density at radius 1 is 1.00 bits per heavy atom. The average Bonchev–Trinajstić information content (AvgIpc) is 3.07. The molecular formula is C22H19N3OS. The van der Waals surface area contributed by atoms with Gasteiger partial charge < -0.3 is 9.88 Å². The molecule has 134 valence electrons. The molecule has 4 rings (SSSR count). The molecule has 1 N–H and O–H groups in total. The van der Waals surface area contributed by atoms with E-state index in [1.807, 2.05) is 72.4 Å². The Balaban J connectivity index is 1.41. The van der Waals surface area contributed by atoms with Crippen molar-refractivity contribution in [2.75, 3.05) is 11.1 Å². The van der Waals surface area contributed by atoms with Gasteiger partial charge in [-0.2, -0.15) is 0 Å². The van der Waals surface area contributed by atoms with Gasteiger partial charge in [0, 0.05) is 12.7 Å². The lowest BCUT2D eigenvalue weighted by atomic mass is 10.1. The third-order valence-corrected chi connectivity index (χ3v) is 5.42. The molecule has 27 heavy (non-hydrogen) atoms. The van der Waals surface area contributed by atoms with Crippen molar-refractivity contribution in [3.8, 4) is 11.3 Å². The molecule has 0 saturated heterocycles. The maximum atomic E-state index is 12.3. The number of carbonyl (C=O) groups excluding carboxylic acids is 1. The number of benzene rings is 3. The molecular weight excluding hydrogens is 354 g/mol. The second kappa shape index (κ2) is 7.68. The van der Waals surface area contributed by atoms with Gasteiger partial charge in [-0.15, -0.1) is 0 Å². The molecule has 5 heteroatoms. The van der Waals surface area contributed by atoms with Gasteiger partial charge in [0.2, 0.25) is 5.91 Å². The largest absolute Gasteiger partial charge is 0.325 e. The van der Waals surface area contributed by atoms with E-state index in [2.05, 4.69) is 28.5 Å². The zero-order chi connectivity index (χ0) is 18.6. The summed E-state index contributed by atoms with van der Waals surface area (Å²) in [6.07, 6.45) is 1.85. The van der Waals surface area contributed by atoms with Gasteiger partial charge >= 0.3 is 0 Å². The average molecular weight is 373 g/mol. The summed E-state index contributed by atoms with van der Waals surface area (Å²) in [5.74, 6) is 0.269. The summed E-state index contributed by atoms with van der Waals surface area (Å²) < 4.78 is 2.02. The molecule has 4 nitrogen and oxygen atoms in total. The number of thioether (sulfide) groups is 1. The normalized spacial score (nSPS) is 10.9. The molecule has 0 aliphatic rings. The molecule has 0 bridgehead atoms. The third kappa shape index (κ3) is 3.88. The van der Waals surface area contributed by atoms with E-state index in [4.69, 9.17) is 0 Å². The Labute approximate surface area is 162 Å². The topological polar surface area (TPSA) is 46.9 Å². The van der Waals surface area contributed by atoms with Crippen molar-refractivity contribution in [3.05, 3.63) is 79.0 Å². The maximum absolute atomic E-state index is 12.3. The van der Waals surface area contributed by atoms with Crippen molar-refractivity contribution in [2.24, 2.45) is 7.05 Å². The number of anilines is 1. The highest BCUT2D eigenvalue weighted by Gasteiger charge is 2.11. The van der Waals surface area contributed by atoms with E-state index in [9.17, 15) is 4.79 Å². The predicted octanol–water partition coefficient (Wildman–Crippen LogP) is 4.97. The van der Waals surface area contributed by atoms with Crippen LogP contribution >= 0.6 is 11.8 Å². The summed E-state index contributed by atoms with van der Waals surface area (Å²) in [4.78, 5) is 16.8. The highest BCUT2D eigenvalue weighted by molar-refractivity contribution is 7.99. The van der Waals surface area contributed by atoms with E-state index in [1.54, 1.807) is 0 Å². The number of amides is 1. The van der Waals surface area contributed by atoms with Crippen LogP contribution < -0.4 is 5.32 Å². The molecule has 0 atom stereocenters. The summed E-state index contributed by atoms with van der Waals surface area (Å²) in [6, 6.07) is 24.2. The first-order valence-electron chi connectivity index (χ1n) is 8.69. The standard InChI is InChI=1S/C22H19N3OS/c1-25-20(17-8-3-2-4-9-17)14-23-22(25)27-15-21(26)24-19-12-11-16-7-5-6-10-18(16)13-19/h2-14H,15H2,1H3,(H,24,26). The minimum Gasteiger partial charge on any atom is -0.325 e. The molecule has 3 aromatic carbocycles. The van der Waals surface area contributed by atoms with E-state index in [-0.39, 0.29) is 5.91 Å². The minimum absolute atomic E-state index is 0.0421. The fourth-order valence-electron chi connectivity index (χ4n) is 3.00. The van der Waals surface area contributed by atoms with Gasteiger partial charge in [-0.05, 0) is 28.5 Å². The van der Waals surface area contributed by atoms with Crippen LogP contribution in [0.3, 0.4) is 0 Å². The number of rotatable bonds is 5. The zero-order valence-corrected chi connectivity index (χ0v) is 15.7. The Kier molecular flexibility index (Phi) is 4.94. The Bertz CT molecular complexity index is 1090. The highest BCUT2D eigenvalue weighted by atomic mass is 32.2. The lowest BCUT2D eigenvalue weighted by molar-refractivity contribution is -0.113. The first-order valence-corrected chi connectivity index (χ1v) is 9.68. The van der Waals surface area contributed by atoms with Crippen LogP contribution in [0.2, 0.25) is 0 Å². The van der Waals surface area contributed by atoms with Crippen LogP contribution in [0.15, 0.2) is 84.1 Å². The van der Waals surface area contributed by atoms with E-state index in [1.165, 1.54) is 11.8 Å². The first-order chi connectivity index (χ1) is 13.2. The van der Waals surface area contributed by atoms with Gasteiger partial charge in [-0.3, -0.25) is 4.79 Å². The summed E-state index contributed by atoms with van der Waals surface area (Å²) in [5.41, 5.74) is 2.96. The molecule has 0 radical (unpaired) electrons. The highest BCUT2D eigenvalue weighted by Crippen LogP contribution is 2.25. The van der Waals surface area contributed by atoms with Crippen LogP contribution in [0.5, 0.6) is 0 Å². The molecule has 1 aromatic heterocycles. The SMILES string of the molecule is Cn1c(-c2ccccc2)cnc1SCC(=O)Nc1ccc2ccccc2c1. The molecule has 0 saturated carbocycles. The Morgan fingerprint density at radius 2 is 1.74 bits per heavy atom. The second-order valence-corrected chi connectivity index (χ2v) is 7.19. The van der Waals surface area contributed by atoms with E-state index < -0.39 is 0 Å². The summed E-state index contributed by atoms with van der Waals surface area (Å²) in [7, 11) is 1.97. The predicted molar refractivity (Wildman–Crippen MR) is 112 cm³/mol.